The van der Waals surface area contributed by atoms with Crippen LogP contribution in [0.3, 0.4) is 0 Å². The standard InChI is InChI=1S/C31H44O4/c1-22-17-26(30(34-15-13-32)28(19-22)24-9-5-3-6-10-24)21-27-18-23(2)20-29(31(27)35-16-14-33)25-11-7-4-8-12-25/h17-20,24-25,32-33H,3-16,21H2,1-2H3. The summed E-state index contributed by atoms with van der Waals surface area (Å²) in [6.45, 7) is 5.00. The van der Waals surface area contributed by atoms with Crippen molar-refractivity contribution in [2.45, 2.75) is 96.3 Å². The van der Waals surface area contributed by atoms with Crippen molar-refractivity contribution in [2.75, 3.05) is 26.4 Å². The van der Waals surface area contributed by atoms with E-state index in [2.05, 4.69) is 38.1 Å². The maximum absolute atomic E-state index is 9.55. The van der Waals surface area contributed by atoms with E-state index >= 15 is 0 Å². The molecule has 0 heterocycles. The molecule has 0 spiro atoms. The monoisotopic (exact) mass is 480 g/mol. The first kappa shape index (κ1) is 26.0. The highest BCUT2D eigenvalue weighted by Crippen LogP contribution is 2.43. The average Bonchev–Trinajstić information content (AvgIpc) is 2.88. The van der Waals surface area contributed by atoms with Crippen LogP contribution in [0.25, 0.3) is 0 Å². The number of aliphatic hydroxyl groups is 2. The molecule has 0 saturated heterocycles. The number of hydrogen-bond acceptors (Lipinski definition) is 4. The molecule has 2 saturated carbocycles. The summed E-state index contributed by atoms with van der Waals surface area (Å²) in [4.78, 5) is 0. The molecule has 2 aromatic carbocycles. The molecular weight excluding hydrogens is 436 g/mol. The van der Waals surface area contributed by atoms with E-state index in [0.717, 1.165) is 17.9 Å². The normalized spacial score (nSPS) is 17.5. The van der Waals surface area contributed by atoms with Crippen LogP contribution in [-0.4, -0.2) is 36.6 Å². The Balaban J connectivity index is 1.76. The lowest BCUT2D eigenvalue weighted by molar-refractivity contribution is 0.196. The van der Waals surface area contributed by atoms with Gasteiger partial charge >= 0.3 is 0 Å². The molecule has 0 unspecified atom stereocenters. The molecule has 0 aliphatic heterocycles. The van der Waals surface area contributed by atoms with Crippen LogP contribution in [-0.2, 0) is 6.42 Å². The Morgan fingerprint density at radius 2 is 1.03 bits per heavy atom. The van der Waals surface area contributed by atoms with E-state index < -0.39 is 0 Å². The SMILES string of the molecule is Cc1cc(Cc2cc(C)cc(C3CCCCC3)c2OCCO)c(OCCO)c(C2CCCCC2)c1. The molecular formula is C31H44O4. The number of hydrogen-bond donors (Lipinski definition) is 2. The first-order valence-electron chi connectivity index (χ1n) is 13.8. The second-order valence-corrected chi connectivity index (χ2v) is 10.7. The van der Waals surface area contributed by atoms with Gasteiger partial charge in [-0.05, 0) is 73.6 Å². The molecule has 2 aliphatic carbocycles. The molecule has 4 nitrogen and oxygen atoms in total. The van der Waals surface area contributed by atoms with Crippen molar-refractivity contribution >= 4 is 0 Å². The topological polar surface area (TPSA) is 58.9 Å². The molecule has 0 radical (unpaired) electrons. The van der Waals surface area contributed by atoms with Crippen molar-refractivity contribution in [2.24, 2.45) is 0 Å². The largest absolute Gasteiger partial charge is 0.491 e. The maximum atomic E-state index is 9.55. The summed E-state index contributed by atoms with van der Waals surface area (Å²) in [5, 5.41) is 19.1. The maximum Gasteiger partial charge on any atom is 0.126 e. The number of aliphatic hydroxyl groups excluding tert-OH is 2. The van der Waals surface area contributed by atoms with E-state index in [4.69, 9.17) is 9.47 Å². The van der Waals surface area contributed by atoms with Crippen LogP contribution in [0.1, 0.15) is 109 Å². The lowest BCUT2D eigenvalue weighted by Gasteiger charge is -2.28. The van der Waals surface area contributed by atoms with Crippen LogP contribution in [0.2, 0.25) is 0 Å². The first-order valence-corrected chi connectivity index (χ1v) is 13.8. The number of rotatable bonds is 10. The van der Waals surface area contributed by atoms with Gasteiger partial charge in [-0.3, -0.25) is 0 Å². The minimum absolute atomic E-state index is 0.0125. The fourth-order valence-corrected chi connectivity index (χ4v) is 6.31. The van der Waals surface area contributed by atoms with Gasteiger partial charge in [-0.25, -0.2) is 0 Å². The summed E-state index contributed by atoms with van der Waals surface area (Å²) in [5.41, 5.74) is 7.49. The molecule has 0 bridgehead atoms. The third-order valence-corrected chi connectivity index (χ3v) is 7.82. The lowest BCUT2D eigenvalue weighted by atomic mass is 9.80. The zero-order chi connectivity index (χ0) is 24.6. The summed E-state index contributed by atoms with van der Waals surface area (Å²) < 4.78 is 12.5. The molecule has 0 aromatic heterocycles. The average molecular weight is 481 g/mol. The minimum Gasteiger partial charge on any atom is -0.491 e. The molecule has 192 valence electrons. The van der Waals surface area contributed by atoms with Crippen molar-refractivity contribution in [1.29, 1.82) is 0 Å². The van der Waals surface area contributed by atoms with Gasteiger partial charge in [0.25, 0.3) is 0 Å². The van der Waals surface area contributed by atoms with E-state index in [1.165, 1.54) is 97.6 Å². The van der Waals surface area contributed by atoms with E-state index in [-0.39, 0.29) is 13.2 Å². The van der Waals surface area contributed by atoms with Gasteiger partial charge in [0.2, 0.25) is 0 Å². The Morgan fingerprint density at radius 1 is 0.629 bits per heavy atom. The summed E-state index contributed by atoms with van der Waals surface area (Å²) >= 11 is 0. The van der Waals surface area contributed by atoms with Gasteiger partial charge in [-0.2, -0.15) is 0 Å². The molecule has 2 aromatic rings. The molecule has 35 heavy (non-hydrogen) atoms. The van der Waals surface area contributed by atoms with Crippen molar-refractivity contribution in [3.8, 4) is 11.5 Å². The second-order valence-electron chi connectivity index (χ2n) is 10.7. The van der Waals surface area contributed by atoms with E-state index in [9.17, 15) is 10.2 Å². The lowest BCUT2D eigenvalue weighted by Crippen LogP contribution is -2.13. The van der Waals surface area contributed by atoms with Gasteiger partial charge in [0.1, 0.15) is 24.7 Å². The number of ether oxygens (including phenoxy) is 2. The van der Waals surface area contributed by atoms with Crippen molar-refractivity contribution in [3.63, 3.8) is 0 Å². The molecule has 0 amide bonds. The van der Waals surface area contributed by atoms with Crippen LogP contribution < -0.4 is 9.47 Å². The van der Waals surface area contributed by atoms with Crippen molar-refractivity contribution < 1.29 is 19.7 Å². The van der Waals surface area contributed by atoms with E-state index in [1.54, 1.807) is 0 Å². The predicted octanol–water partition coefficient (Wildman–Crippen LogP) is 6.73. The fraction of sp³-hybridized carbons (Fsp3) is 0.613. The molecule has 4 heteroatoms. The fourth-order valence-electron chi connectivity index (χ4n) is 6.31. The summed E-state index contributed by atoms with van der Waals surface area (Å²) in [5.74, 6) is 2.98. The third-order valence-electron chi connectivity index (χ3n) is 7.82. The summed E-state index contributed by atoms with van der Waals surface area (Å²) in [7, 11) is 0. The van der Waals surface area contributed by atoms with E-state index in [1.807, 2.05) is 0 Å². The van der Waals surface area contributed by atoms with Crippen LogP contribution >= 0.6 is 0 Å². The Bertz CT molecular complexity index is 877. The van der Waals surface area contributed by atoms with Crippen LogP contribution in [0.15, 0.2) is 24.3 Å². The summed E-state index contributed by atoms with van der Waals surface area (Å²) in [6.07, 6.45) is 13.3. The Morgan fingerprint density at radius 3 is 1.40 bits per heavy atom. The van der Waals surface area contributed by atoms with Gasteiger partial charge in [0.15, 0.2) is 0 Å². The Hall–Kier alpha value is -2.04. The van der Waals surface area contributed by atoms with Gasteiger partial charge in [0.05, 0.1) is 13.2 Å². The zero-order valence-corrected chi connectivity index (χ0v) is 21.8. The quantitative estimate of drug-likeness (QED) is 0.396. The zero-order valence-electron chi connectivity index (χ0n) is 21.8. The van der Waals surface area contributed by atoms with Gasteiger partial charge in [-0.15, -0.1) is 0 Å². The number of aryl methyl sites for hydroxylation is 2. The molecule has 2 fully saturated rings. The summed E-state index contributed by atoms with van der Waals surface area (Å²) in [6, 6.07) is 9.10. The van der Waals surface area contributed by atoms with Gasteiger partial charge < -0.3 is 19.7 Å². The highest BCUT2D eigenvalue weighted by atomic mass is 16.5. The molecule has 2 aliphatic rings. The smallest absolute Gasteiger partial charge is 0.126 e. The van der Waals surface area contributed by atoms with Crippen LogP contribution in [0, 0.1) is 13.8 Å². The minimum atomic E-state index is 0.0125. The number of benzene rings is 2. The van der Waals surface area contributed by atoms with Gasteiger partial charge in [-0.1, -0.05) is 73.9 Å². The highest BCUT2D eigenvalue weighted by molar-refractivity contribution is 5.53. The second kappa shape index (κ2) is 12.8. The first-order chi connectivity index (χ1) is 17.1. The predicted molar refractivity (Wildman–Crippen MR) is 142 cm³/mol. The molecule has 4 rings (SSSR count). The third kappa shape index (κ3) is 6.59. The molecule has 2 N–H and O–H groups in total. The van der Waals surface area contributed by atoms with Crippen molar-refractivity contribution in [1.82, 2.24) is 0 Å². The highest BCUT2D eigenvalue weighted by Gasteiger charge is 2.25. The molecule has 0 atom stereocenters. The van der Waals surface area contributed by atoms with Crippen LogP contribution in [0.5, 0.6) is 11.5 Å². The Kier molecular flexibility index (Phi) is 9.51. The van der Waals surface area contributed by atoms with Crippen LogP contribution in [0.4, 0.5) is 0 Å². The van der Waals surface area contributed by atoms with E-state index in [0.29, 0.717) is 25.0 Å². The van der Waals surface area contributed by atoms with Crippen molar-refractivity contribution in [3.05, 3.63) is 57.6 Å². The van der Waals surface area contributed by atoms with Gasteiger partial charge in [0, 0.05) is 6.42 Å². The Labute approximate surface area is 211 Å².